The average Bonchev–Trinajstić information content (AvgIpc) is 2.39. The molecule has 18 heavy (non-hydrogen) atoms. The molecule has 0 aromatic heterocycles. The van der Waals surface area contributed by atoms with E-state index in [1.165, 1.54) is 7.11 Å². The number of ether oxygens (including phenoxy) is 2. The molecule has 0 heterocycles. The van der Waals surface area contributed by atoms with Gasteiger partial charge < -0.3 is 9.47 Å². The van der Waals surface area contributed by atoms with Gasteiger partial charge in [-0.1, -0.05) is 25.5 Å². The van der Waals surface area contributed by atoms with E-state index in [1.54, 1.807) is 24.3 Å². The van der Waals surface area contributed by atoms with Crippen molar-refractivity contribution in [3.05, 3.63) is 24.3 Å². The SMILES string of the molecule is CCCCOC(=O)CS(=O)c1ccccc1OC. The summed E-state index contributed by atoms with van der Waals surface area (Å²) >= 11 is 0. The van der Waals surface area contributed by atoms with E-state index in [2.05, 4.69) is 0 Å². The fraction of sp³-hybridized carbons (Fsp3) is 0.462. The van der Waals surface area contributed by atoms with Gasteiger partial charge in [-0.25, -0.2) is 0 Å². The van der Waals surface area contributed by atoms with Crippen molar-refractivity contribution in [3.8, 4) is 5.75 Å². The highest BCUT2D eigenvalue weighted by molar-refractivity contribution is 7.85. The Bertz CT molecular complexity index is 417. The molecule has 0 aliphatic rings. The molecular weight excluding hydrogens is 252 g/mol. The van der Waals surface area contributed by atoms with Crippen LogP contribution < -0.4 is 4.74 Å². The summed E-state index contributed by atoms with van der Waals surface area (Å²) in [6, 6.07) is 6.96. The van der Waals surface area contributed by atoms with Gasteiger partial charge in [-0.15, -0.1) is 0 Å². The van der Waals surface area contributed by atoms with Gasteiger partial charge in [0.2, 0.25) is 0 Å². The van der Waals surface area contributed by atoms with Crippen LogP contribution in [0.25, 0.3) is 0 Å². The van der Waals surface area contributed by atoms with Crippen LogP contribution in [0.15, 0.2) is 29.2 Å². The molecule has 1 aromatic rings. The normalized spacial score (nSPS) is 11.9. The number of esters is 1. The van der Waals surface area contributed by atoms with E-state index in [0.717, 1.165) is 12.8 Å². The second-order valence-electron chi connectivity index (χ2n) is 3.71. The van der Waals surface area contributed by atoms with Gasteiger partial charge in [-0.2, -0.15) is 0 Å². The molecule has 0 bridgehead atoms. The van der Waals surface area contributed by atoms with Crippen molar-refractivity contribution < 1.29 is 18.5 Å². The zero-order valence-electron chi connectivity index (χ0n) is 10.7. The van der Waals surface area contributed by atoms with Crippen molar-refractivity contribution in [2.75, 3.05) is 19.5 Å². The van der Waals surface area contributed by atoms with Crippen LogP contribution in [0, 0.1) is 0 Å². The number of carbonyl (C=O) groups is 1. The van der Waals surface area contributed by atoms with E-state index in [1.807, 2.05) is 6.92 Å². The maximum absolute atomic E-state index is 12.0. The highest BCUT2D eigenvalue weighted by atomic mass is 32.2. The number of unbranched alkanes of at least 4 members (excludes halogenated alkanes) is 1. The molecule has 0 saturated carbocycles. The van der Waals surface area contributed by atoms with Crippen LogP contribution in [-0.4, -0.2) is 29.6 Å². The molecule has 0 N–H and O–H groups in total. The third-order valence-corrected chi connectivity index (χ3v) is 3.65. The fourth-order valence-corrected chi connectivity index (χ4v) is 2.42. The lowest BCUT2D eigenvalue weighted by Crippen LogP contribution is -2.15. The first-order valence-corrected chi connectivity index (χ1v) is 7.18. The van der Waals surface area contributed by atoms with Gasteiger partial charge in [0.05, 0.1) is 29.4 Å². The summed E-state index contributed by atoms with van der Waals surface area (Å²) in [5.41, 5.74) is 0. The van der Waals surface area contributed by atoms with Crippen LogP contribution in [0.5, 0.6) is 5.75 Å². The Balaban J connectivity index is 2.57. The lowest BCUT2D eigenvalue weighted by Gasteiger charge is -2.07. The Hall–Kier alpha value is -1.36. The molecule has 0 saturated heterocycles. The average molecular weight is 270 g/mol. The molecule has 1 atom stereocenters. The second-order valence-corrected chi connectivity index (χ2v) is 5.13. The molecule has 0 aliphatic heterocycles. The monoisotopic (exact) mass is 270 g/mol. The van der Waals surface area contributed by atoms with E-state index in [9.17, 15) is 9.00 Å². The first kappa shape index (κ1) is 14.7. The lowest BCUT2D eigenvalue weighted by molar-refractivity contribution is -0.140. The van der Waals surface area contributed by atoms with E-state index >= 15 is 0 Å². The Kier molecular flexibility index (Phi) is 6.43. The zero-order chi connectivity index (χ0) is 13.4. The first-order chi connectivity index (χ1) is 8.69. The molecular formula is C13H18O4S. The van der Waals surface area contributed by atoms with Gasteiger partial charge in [-0.05, 0) is 18.6 Å². The predicted octanol–water partition coefficient (Wildman–Crippen LogP) is 2.15. The van der Waals surface area contributed by atoms with Gasteiger partial charge in [0.15, 0.2) is 0 Å². The number of carbonyl (C=O) groups excluding carboxylic acids is 1. The molecule has 1 aromatic carbocycles. The van der Waals surface area contributed by atoms with Crippen molar-refractivity contribution in [2.24, 2.45) is 0 Å². The largest absolute Gasteiger partial charge is 0.495 e. The molecule has 0 spiro atoms. The van der Waals surface area contributed by atoms with Crippen molar-refractivity contribution in [1.82, 2.24) is 0 Å². The standard InChI is InChI=1S/C13H18O4S/c1-3-4-9-17-13(14)10-18(15)12-8-6-5-7-11(12)16-2/h5-8H,3-4,9-10H2,1-2H3. The van der Waals surface area contributed by atoms with Crippen LogP contribution in [-0.2, 0) is 20.3 Å². The topological polar surface area (TPSA) is 52.6 Å². The summed E-state index contributed by atoms with van der Waals surface area (Å²) in [5, 5.41) is 0. The Labute approximate surface area is 110 Å². The van der Waals surface area contributed by atoms with Crippen LogP contribution in [0.4, 0.5) is 0 Å². The molecule has 1 rings (SSSR count). The number of para-hydroxylation sites is 1. The predicted molar refractivity (Wildman–Crippen MR) is 70.1 cm³/mol. The van der Waals surface area contributed by atoms with E-state index in [4.69, 9.17) is 9.47 Å². The molecule has 0 amide bonds. The van der Waals surface area contributed by atoms with Crippen molar-refractivity contribution >= 4 is 16.8 Å². The zero-order valence-corrected chi connectivity index (χ0v) is 11.5. The Morgan fingerprint density at radius 1 is 1.33 bits per heavy atom. The van der Waals surface area contributed by atoms with Crippen molar-refractivity contribution in [2.45, 2.75) is 24.7 Å². The number of hydrogen-bond donors (Lipinski definition) is 0. The smallest absolute Gasteiger partial charge is 0.318 e. The lowest BCUT2D eigenvalue weighted by atomic mass is 10.3. The van der Waals surface area contributed by atoms with E-state index in [0.29, 0.717) is 17.3 Å². The molecule has 0 aliphatic carbocycles. The van der Waals surface area contributed by atoms with Gasteiger partial charge in [0.1, 0.15) is 11.5 Å². The molecule has 4 nitrogen and oxygen atoms in total. The summed E-state index contributed by atoms with van der Waals surface area (Å²) < 4.78 is 22.1. The molecule has 0 fully saturated rings. The van der Waals surface area contributed by atoms with Gasteiger partial charge in [0, 0.05) is 0 Å². The summed E-state index contributed by atoms with van der Waals surface area (Å²) in [6.45, 7) is 2.40. The highest BCUT2D eigenvalue weighted by Crippen LogP contribution is 2.21. The van der Waals surface area contributed by atoms with Gasteiger partial charge >= 0.3 is 5.97 Å². The molecule has 1 unspecified atom stereocenters. The Morgan fingerprint density at radius 3 is 2.72 bits per heavy atom. The van der Waals surface area contributed by atoms with Crippen LogP contribution in [0.2, 0.25) is 0 Å². The number of benzene rings is 1. The summed E-state index contributed by atoms with van der Waals surface area (Å²) in [5.74, 6) is -0.0470. The van der Waals surface area contributed by atoms with Crippen LogP contribution in [0.3, 0.4) is 0 Å². The summed E-state index contributed by atoms with van der Waals surface area (Å²) in [4.78, 5) is 12.0. The third kappa shape index (κ3) is 4.49. The van der Waals surface area contributed by atoms with Gasteiger partial charge in [-0.3, -0.25) is 9.00 Å². The Morgan fingerprint density at radius 2 is 2.06 bits per heavy atom. The molecule has 0 radical (unpaired) electrons. The van der Waals surface area contributed by atoms with Gasteiger partial charge in [0.25, 0.3) is 0 Å². The fourth-order valence-electron chi connectivity index (χ4n) is 1.36. The van der Waals surface area contributed by atoms with E-state index < -0.39 is 16.8 Å². The maximum Gasteiger partial charge on any atom is 0.318 e. The number of rotatable bonds is 7. The third-order valence-electron chi connectivity index (χ3n) is 2.32. The first-order valence-electron chi connectivity index (χ1n) is 5.86. The number of hydrogen-bond acceptors (Lipinski definition) is 4. The minimum atomic E-state index is -1.43. The highest BCUT2D eigenvalue weighted by Gasteiger charge is 2.14. The second kappa shape index (κ2) is 7.87. The number of methoxy groups -OCH3 is 1. The van der Waals surface area contributed by atoms with Crippen molar-refractivity contribution in [3.63, 3.8) is 0 Å². The van der Waals surface area contributed by atoms with Crippen molar-refractivity contribution in [1.29, 1.82) is 0 Å². The summed E-state index contributed by atoms with van der Waals surface area (Å²) in [6.07, 6.45) is 1.79. The molecule has 100 valence electrons. The maximum atomic E-state index is 12.0. The summed E-state index contributed by atoms with van der Waals surface area (Å²) in [7, 11) is 0.0796. The quantitative estimate of drug-likeness (QED) is 0.562. The minimum absolute atomic E-state index is 0.135. The van der Waals surface area contributed by atoms with Crippen LogP contribution in [0.1, 0.15) is 19.8 Å². The molecule has 5 heteroatoms. The van der Waals surface area contributed by atoms with E-state index in [-0.39, 0.29) is 5.75 Å². The van der Waals surface area contributed by atoms with Crippen LogP contribution >= 0.6 is 0 Å². The minimum Gasteiger partial charge on any atom is -0.495 e.